The van der Waals surface area contributed by atoms with Crippen LogP contribution >= 0.6 is 0 Å². The predicted molar refractivity (Wildman–Crippen MR) is 132 cm³/mol. The van der Waals surface area contributed by atoms with E-state index in [0.29, 0.717) is 54.1 Å². The summed E-state index contributed by atoms with van der Waals surface area (Å²) in [6, 6.07) is 18.5. The Balaban J connectivity index is 1.56. The molecule has 0 saturated heterocycles. The second-order valence-corrected chi connectivity index (χ2v) is 9.64. The van der Waals surface area contributed by atoms with Gasteiger partial charge in [0, 0.05) is 17.3 Å². The number of benzene rings is 3. The van der Waals surface area contributed by atoms with Crippen molar-refractivity contribution < 1.29 is 31.8 Å². The average molecular weight is 509 g/mol. The maximum absolute atomic E-state index is 13.7. The fourth-order valence-corrected chi connectivity index (χ4v) is 4.93. The van der Waals surface area contributed by atoms with E-state index >= 15 is 0 Å². The summed E-state index contributed by atoms with van der Waals surface area (Å²) in [6.45, 7) is 3.19. The minimum absolute atomic E-state index is 0.0103. The molecule has 1 aromatic heterocycles. The van der Waals surface area contributed by atoms with Gasteiger partial charge in [0.2, 0.25) is 26.6 Å². The lowest BCUT2D eigenvalue weighted by atomic mass is 10.2. The highest BCUT2D eigenvalue weighted by Crippen LogP contribution is 2.38. The Morgan fingerprint density at radius 3 is 2.31 bits per heavy atom. The summed E-state index contributed by atoms with van der Waals surface area (Å²) in [5, 5.41) is 2.80. The van der Waals surface area contributed by atoms with Gasteiger partial charge in [0.05, 0.1) is 18.6 Å². The van der Waals surface area contributed by atoms with Crippen LogP contribution < -0.4 is 24.3 Å². The second-order valence-electron chi connectivity index (χ2n) is 7.77. The number of methoxy groups -OCH3 is 1. The minimum Gasteiger partial charge on any atom is -0.497 e. The molecule has 4 aromatic rings. The van der Waals surface area contributed by atoms with Crippen molar-refractivity contribution in [1.29, 1.82) is 0 Å². The highest BCUT2D eigenvalue weighted by Gasteiger charge is 2.30. The van der Waals surface area contributed by atoms with Gasteiger partial charge in [-0.3, -0.25) is 0 Å². The molecular weight excluding hydrogens is 484 g/mol. The number of nitrogens with zero attached hydrogens (tertiary/aromatic N) is 1. The first-order valence-corrected chi connectivity index (χ1v) is 12.8. The molecular formula is C26H24N2O7S. The zero-order chi connectivity index (χ0) is 25.1. The number of anilines is 2. The predicted octanol–water partition coefficient (Wildman–Crippen LogP) is 5.10. The van der Waals surface area contributed by atoms with Crippen molar-refractivity contribution in [3.05, 3.63) is 66.7 Å². The van der Waals surface area contributed by atoms with Gasteiger partial charge in [-0.1, -0.05) is 0 Å². The van der Waals surface area contributed by atoms with Crippen molar-refractivity contribution in [3.63, 3.8) is 0 Å². The number of ether oxygens (including phenoxy) is 4. The van der Waals surface area contributed by atoms with Crippen LogP contribution in [0.15, 0.2) is 81.1 Å². The third-order valence-electron chi connectivity index (χ3n) is 5.43. The summed E-state index contributed by atoms with van der Waals surface area (Å²) in [5.41, 5.74) is 1.20. The van der Waals surface area contributed by atoms with Gasteiger partial charge in [-0.15, -0.1) is 0 Å². The van der Waals surface area contributed by atoms with E-state index < -0.39 is 9.84 Å². The molecule has 2 heterocycles. The summed E-state index contributed by atoms with van der Waals surface area (Å²) in [7, 11) is -2.53. The third kappa shape index (κ3) is 4.67. The highest BCUT2D eigenvalue weighted by atomic mass is 32.2. The SMILES string of the molecule is CCOc1ccc(Nc2oc(-c3ccc(OC)cc3)nc2S(=O)(=O)c2ccc3c(c2)OCCO3)cc1. The van der Waals surface area contributed by atoms with Crippen LogP contribution in [0.5, 0.6) is 23.0 Å². The summed E-state index contributed by atoms with van der Waals surface area (Å²) in [6.07, 6.45) is 0. The van der Waals surface area contributed by atoms with Crippen molar-refractivity contribution >= 4 is 21.4 Å². The summed E-state index contributed by atoms with van der Waals surface area (Å²) >= 11 is 0. The second kappa shape index (κ2) is 9.82. The van der Waals surface area contributed by atoms with E-state index in [1.807, 2.05) is 6.92 Å². The Morgan fingerprint density at radius 1 is 0.917 bits per heavy atom. The van der Waals surface area contributed by atoms with Gasteiger partial charge in [0.15, 0.2) is 11.5 Å². The molecule has 0 radical (unpaired) electrons. The van der Waals surface area contributed by atoms with Crippen molar-refractivity contribution in [2.75, 3.05) is 32.2 Å². The lowest BCUT2D eigenvalue weighted by Crippen LogP contribution is -2.16. The quantitative estimate of drug-likeness (QED) is 0.348. The molecule has 5 rings (SSSR count). The molecule has 0 unspecified atom stereocenters. The lowest BCUT2D eigenvalue weighted by Gasteiger charge is -2.18. The molecule has 0 atom stereocenters. The Labute approximate surface area is 208 Å². The zero-order valence-electron chi connectivity index (χ0n) is 19.7. The van der Waals surface area contributed by atoms with E-state index in [-0.39, 0.29) is 21.7 Å². The van der Waals surface area contributed by atoms with E-state index in [0.717, 1.165) is 0 Å². The van der Waals surface area contributed by atoms with E-state index in [1.54, 1.807) is 61.7 Å². The molecule has 0 amide bonds. The number of oxazole rings is 1. The van der Waals surface area contributed by atoms with Crippen LogP contribution in [0, 0.1) is 0 Å². The van der Waals surface area contributed by atoms with Crippen LogP contribution in [0.2, 0.25) is 0 Å². The topological polar surface area (TPSA) is 109 Å². The van der Waals surface area contributed by atoms with Crippen molar-refractivity contribution in [1.82, 2.24) is 4.98 Å². The molecule has 0 saturated carbocycles. The first-order valence-electron chi connectivity index (χ1n) is 11.3. The van der Waals surface area contributed by atoms with Crippen LogP contribution in [-0.2, 0) is 9.84 Å². The Morgan fingerprint density at radius 2 is 1.61 bits per heavy atom. The standard InChI is InChI=1S/C26H24N2O7S/c1-3-32-20-10-6-18(7-11-20)27-25-26(28-24(35-25)17-4-8-19(31-2)9-5-17)36(29,30)21-12-13-22-23(16-21)34-15-14-33-22/h4-13,16,27H,3,14-15H2,1-2H3. The number of hydrogen-bond donors (Lipinski definition) is 1. The third-order valence-corrected chi connectivity index (χ3v) is 7.10. The number of nitrogens with one attached hydrogen (secondary N) is 1. The molecule has 10 heteroatoms. The number of hydrogen-bond acceptors (Lipinski definition) is 9. The van der Waals surface area contributed by atoms with Gasteiger partial charge in [-0.2, -0.15) is 4.98 Å². The normalized spacial score (nSPS) is 12.7. The van der Waals surface area contributed by atoms with Gasteiger partial charge in [-0.05, 0) is 67.6 Å². The van der Waals surface area contributed by atoms with E-state index in [1.165, 1.54) is 12.1 Å². The van der Waals surface area contributed by atoms with E-state index in [2.05, 4.69) is 10.3 Å². The van der Waals surface area contributed by atoms with Crippen LogP contribution in [0.25, 0.3) is 11.5 Å². The number of rotatable bonds is 8. The van der Waals surface area contributed by atoms with Gasteiger partial charge < -0.3 is 28.7 Å². The molecule has 0 fully saturated rings. The smallest absolute Gasteiger partial charge is 0.238 e. The van der Waals surface area contributed by atoms with Crippen molar-refractivity contribution in [3.8, 4) is 34.5 Å². The van der Waals surface area contributed by atoms with Gasteiger partial charge >= 0.3 is 0 Å². The molecule has 186 valence electrons. The summed E-state index contributed by atoms with van der Waals surface area (Å²) in [4.78, 5) is 4.39. The summed E-state index contributed by atoms with van der Waals surface area (Å²) < 4.78 is 55.2. The fraction of sp³-hybridized carbons (Fsp3) is 0.192. The van der Waals surface area contributed by atoms with Crippen molar-refractivity contribution in [2.24, 2.45) is 0 Å². The minimum atomic E-state index is -4.09. The molecule has 1 N–H and O–H groups in total. The maximum atomic E-state index is 13.7. The van der Waals surface area contributed by atoms with Gasteiger partial charge in [-0.25, -0.2) is 8.42 Å². The lowest BCUT2D eigenvalue weighted by molar-refractivity contribution is 0.171. The highest BCUT2D eigenvalue weighted by molar-refractivity contribution is 7.91. The molecule has 3 aromatic carbocycles. The Bertz CT molecular complexity index is 1460. The summed E-state index contributed by atoms with van der Waals surface area (Å²) in [5.74, 6) is 2.34. The van der Waals surface area contributed by atoms with Crippen molar-refractivity contribution in [2.45, 2.75) is 16.8 Å². The fourth-order valence-electron chi connectivity index (χ4n) is 3.66. The largest absolute Gasteiger partial charge is 0.497 e. The maximum Gasteiger partial charge on any atom is 0.238 e. The molecule has 1 aliphatic heterocycles. The average Bonchev–Trinajstić information content (AvgIpc) is 3.34. The first kappa shape index (κ1) is 23.6. The Hall–Kier alpha value is -4.18. The molecule has 0 aliphatic carbocycles. The molecule has 0 spiro atoms. The van der Waals surface area contributed by atoms with E-state index in [4.69, 9.17) is 23.4 Å². The Kier molecular flexibility index (Phi) is 6.43. The molecule has 1 aliphatic rings. The van der Waals surface area contributed by atoms with Gasteiger partial charge in [0.1, 0.15) is 24.7 Å². The first-order chi connectivity index (χ1) is 17.5. The monoisotopic (exact) mass is 508 g/mol. The van der Waals surface area contributed by atoms with E-state index in [9.17, 15) is 8.42 Å². The zero-order valence-corrected chi connectivity index (χ0v) is 20.5. The number of aromatic nitrogens is 1. The van der Waals surface area contributed by atoms with Crippen LogP contribution in [0.1, 0.15) is 6.92 Å². The van der Waals surface area contributed by atoms with Crippen LogP contribution in [0.3, 0.4) is 0 Å². The van der Waals surface area contributed by atoms with Crippen LogP contribution in [0.4, 0.5) is 11.6 Å². The number of fused-ring (bicyclic) bond motifs is 1. The van der Waals surface area contributed by atoms with Crippen LogP contribution in [-0.4, -0.2) is 40.3 Å². The molecule has 0 bridgehead atoms. The van der Waals surface area contributed by atoms with Gasteiger partial charge in [0.25, 0.3) is 0 Å². The molecule has 9 nitrogen and oxygen atoms in total. The molecule has 36 heavy (non-hydrogen) atoms. The number of sulfone groups is 1.